The second kappa shape index (κ2) is 5.89. The molecule has 2 saturated heterocycles. The van der Waals surface area contributed by atoms with Crippen LogP contribution in [0.3, 0.4) is 0 Å². The summed E-state index contributed by atoms with van der Waals surface area (Å²) in [5.41, 5.74) is 1.32. The van der Waals surface area contributed by atoms with E-state index in [4.69, 9.17) is 4.42 Å². The van der Waals surface area contributed by atoms with Crippen LogP contribution in [0.15, 0.2) is 23.0 Å². The van der Waals surface area contributed by atoms with Gasteiger partial charge in [0.05, 0.1) is 12.5 Å². The van der Waals surface area contributed by atoms with E-state index in [2.05, 4.69) is 15.9 Å². The Morgan fingerprint density at radius 2 is 1.94 bits per heavy atom. The number of likely N-dealkylation sites (tertiary alicyclic amines) is 2. The van der Waals surface area contributed by atoms with E-state index in [1.165, 1.54) is 64.0 Å². The summed E-state index contributed by atoms with van der Waals surface area (Å²) in [5.74, 6) is 0.878. The van der Waals surface area contributed by atoms with Gasteiger partial charge >= 0.3 is 0 Å². The van der Waals surface area contributed by atoms with E-state index in [1.54, 1.807) is 6.26 Å². The summed E-state index contributed by atoms with van der Waals surface area (Å²) in [4.78, 5) is 5.25. The third-order valence-electron chi connectivity index (χ3n) is 4.30. The highest BCUT2D eigenvalue weighted by molar-refractivity contribution is 5.05. The molecule has 18 heavy (non-hydrogen) atoms. The Morgan fingerprint density at radius 1 is 1.11 bits per heavy atom. The largest absolute Gasteiger partial charge is 0.472 e. The van der Waals surface area contributed by atoms with E-state index in [0.717, 1.165) is 12.5 Å². The molecule has 0 N–H and O–H groups in total. The fourth-order valence-electron chi connectivity index (χ4n) is 3.42. The molecule has 1 atom stereocenters. The topological polar surface area (TPSA) is 19.6 Å². The molecule has 100 valence electrons. The second-order valence-electron chi connectivity index (χ2n) is 5.88. The first-order chi connectivity index (χ1) is 8.90. The van der Waals surface area contributed by atoms with Crippen molar-refractivity contribution in [1.82, 2.24) is 9.80 Å². The molecule has 3 nitrogen and oxygen atoms in total. The maximum atomic E-state index is 5.16. The van der Waals surface area contributed by atoms with Crippen LogP contribution in [0.5, 0.6) is 0 Å². The lowest BCUT2D eigenvalue weighted by Crippen LogP contribution is -2.39. The fourth-order valence-corrected chi connectivity index (χ4v) is 3.42. The zero-order valence-electron chi connectivity index (χ0n) is 11.2. The molecule has 0 aromatic carbocycles. The highest BCUT2D eigenvalue weighted by atomic mass is 16.3. The van der Waals surface area contributed by atoms with Crippen molar-refractivity contribution in [2.75, 3.05) is 32.7 Å². The number of rotatable bonds is 4. The average Bonchev–Trinajstić information content (AvgIpc) is 3.03. The van der Waals surface area contributed by atoms with Gasteiger partial charge in [0.2, 0.25) is 0 Å². The second-order valence-corrected chi connectivity index (χ2v) is 5.88. The van der Waals surface area contributed by atoms with Crippen molar-refractivity contribution in [3.63, 3.8) is 0 Å². The van der Waals surface area contributed by atoms with E-state index in [0.29, 0.717) is 0 Å². The molecule has 0 saturated carbocycles. The van der Waals surface area contributed by atoms with E-state index in [9.17, 15) is 0 Å². The highest BCUT2D eigenvalue weighted by Gasteiger charge is 2.23. The number of hydrogen-bond acceptors (Lipinski definition) is 3. The monoisotopic (exact) mass is 248 g/mol. The van der Waals surface area contributed by atoms with Gasteiger partial charge in [-0.15, -0.1) is 0 Å². The van der Waals surface area contributed by atoms with Crippen LogP contribution in [0.4, 0.5) is 0 Å². The predicted molar refractivity (Wildman–Crippen MR) is 72.4 cm³/mol. The molecule has 0 spiro atoms. The zero-order chi connectivity index (χ0) is 12.2. The van der Waals surface area contributed by atoms with Gasteiger partial charge in [0.15, 0.2) is 0 Å². The molecule has 0 bridgehead atoms. The van der Waals surface area contributed by atoms with Gasteiger partial charge in [-0.05, 0) is 57.3 Å². The molecule has 3 rings (SSSR count). The lowest BCUT2D eigenvalue weighted by atomic mass is 9.97. The van der Waals surface area contributed by atoms with Gasteiger partial charge < -0.3 is 9.32 Å². The van der Waals surface area contributed by atoms with Crippen LogP contribution < -0.4 is 0 Å². The van der Waals surface area contributed by atoms with Crippen molar-refractivity contribution >= 4 is 0 Å². The first-order valence-electron chi connectivity index (χ1n) is 7.36. The summed E-state index contributed by atoms with van der Waals surface area (Å²) in [6, 6.07) is 2.09. The standard InChI is InChI=1S/C15H24N2O/c1-2-7-16(6-1)10-14-4-3-8-17(11-14)12-15-5-9-18-13-15/h5,9,13-14H,1-4,6-8,10-12H2/t14-/m0/s1. The smallest absolute Gasteiger partial charge is 0.0947 e. The maximum absolute atomic E-state index is 5.16. The zero-order valence-corrected chi connectivity index (χ0v) is 11.2. The minimum Gasteiger partial charge on any atom is -0.472 e. The predicted octanol–water partition coefficient (Wildman–Crippen LogP) is 2.59. The van der Waals surface area contributed by atoms with Gasteiger partial charge in [-0.3, -0.25) is 4.90 Å². The van der Waals surface area contributed by atoms with Crippen LogP contribution in [0.2, 0.25) is 0 Å². The van der Waals surface area contributed by atoms with Crippen LogP contribution in [-0.2, 0) is 6.54 Å². The van der Waals surface area contributed by atoms with Crippen LogP contribution in [0.1, 0.15) is 31.2 Å². The van der Waals surface area contributed by atoms with E-state index in [1.807, 2.05) is 6.26 Å². The third kappa shape index (κ3) is 3.15. The Labute approximate surface area is 110 Å². The molecule has 0 unspecified atom stereocenters. The van der Waals surface area contributed by atoms with Crippen molar-refractivity contribution in [2.24, 2.45) is 5.92 Å². The van der Waals surface area contributed by atoms with Gasteiger partial charge in [0.1, 0.15) is 0 Å². The number of nitrogens with zero attached hydrogens (tertiary/aromatic N) is 2. The first-order valence-corrected chi connectivity index (χ1v) is 7.36. The molecule has 0 radical (unpaired) electrons. The van der Waals surface area contributed by atoms with Crippen molar-refractivity contribution in [3.8, 4) is 0 Å². The lowest BCUT2D eigenvalue weighted by Gasteiger charge is -2.34. The van der Waals surface area contributed by atoms with Crippen LogP contribution >= 0.6 is 0 Å². The minimum absolute atomic E-state index is 0.878. The molecule has 2 aliphatic rings. The van der Waals surface area contributed by atoms with Crippen molar-refractivity contribution < 1.29 is 4.42 Å². The summed E-state index contributed by atoms with van der Waals surface area (Å²) in [7, 11) is 0. The molecular weight excluding hydrogens is 224 g/mol. The van der Waals surface area contributed by atoms with Crippen LogP contribution in [0, 0.1) is 5.92 Å². The number of furan rings is 1. The molecule has 0 aliphatic carbocycles. The van der Waals surface area contributed by atoms with E-state index in [-0.39, 0.29) is 0 Å². The molecule has 2 aliphatic heterocycles. The quantitative estimate of drug-likeness (QED) is 0.816. The Bertz CT molecular complexity index is 343. The summed E-state index contributed by atoms with van der Waals surface area (Å²) >= 11 is 0. The third-order valence-corrected chi connectivity index (χ3v) is 4.30. The van der Waals surface area contributed by atoms with Crippen LogP contribution in [-0.4, -0.2) is 42.5 Å². The van der Waals surface area contributed by atoms with E-state index < -0.39 is 0 Å². The van der Waals surface area contributed by atoms with Gasteiger partial charge in [-0.25, -0.2) is 0 Å². The van der Waals surface area contributed by atoms with Crippen molar-refractivity contribution in [1.29, 1.82) is 0 Å². The molecule has 2 fully saturated rings. The van der Waals surface area contributed by atoms with Crippen molar-refractivity contribution in [2.45, 2.75) is 32.2 Å². The maximum Gasteiger partial charge on any atom is 0.0947 e. The summed E-state index contributed by atoms with van der Waals surface area (Å²) in [6.45, 7) is 7.56. The molecule has 0 amide bonds. The minimum atomic E-state index is 0.878. The molecule has 3 heteroatoms. The van der Waals surface area contributed by atoms with E-state index >= 15 is 0 Å². The number of piperidine rings is 1. The molecule has 1 aromatic rings. The van der Waals surface area contributed by atoms with Gasteiger partial charge in [0, 0.05) is 25.2 Å². The fraction of sp³-hybridized carbons (Fsp3) is 0.733. The summed E-state index contributed by atoms with van der Waals surface area (Å²) in [6.07, 6.45) is 9.25. The molecular formula is C15H24N2O. The Morgan fingerprint density at radius 3 is 2.72 bits per heavy atom. The molecule has 3 heterocycles. The lowest BCUT2D eigenvalue weighted by molar-refractivity contribution is 0.137. The van der Waals surface area contributed by atoms with Gasteiger partial charge in [0.25, 0.3) is 0 Å². The summed E-state index contributed by atoms with van der Waals surface area (Å²) < 4.78 is 5.16. The van der Waals surface area contributed by atoms with Gasteiger partial charge in [-0.1, -0.05) is 0 Å². The Balaban J connectivity index is 1.48. The SMILES string of the molecule is c1cc(CN2CCC[C@@H](CN3CCCC3)C2)co1. The number of hydrogen-bond donors (Lipinski definition) is 0. The normalized spacial score (nSPS) is 26.8. The Hall–Kier alpha value is -0.800. The summed E-state index contributed by atoms with van der Waals surface area (Å²) in [5, 5.41) is 0. The average molecular weight is 248 g/mol. The van der Waals surface area contributed by atoms with Crippen LogP contribution in [0.25, 0.3) is 0 Å². The first kappa shape index (κ1) is 12.2. The van der Waals surface area contributed by atoms with Crippen molar-refractivity contribution in [3.05, 3.63) is 24.2 Å². The molecule has 1 aromatic heterocycles. The Kier molecular flexibility index (Phi) is 4.01. The van der Waals surface area contributed by atoms with Gasteiger partial charge in [-0.2, -0.15) is 0 Å². The highest BCUT2D eigenvalue weighted by Crippen LogP contribution is 2.21.